The Morgan fingerprint density at radius 1 is 1.00 bits per heavy atom. The Morgan fingerprint density at radius 3 is 1.94 bits per heavy atom. The van der Waals surface area contributed by atoms with Crippen LogP contribution in [0.5, 0.6) is 0 Å². The number of nitrogens with zero attached hydrogens (tertiary/aromatic N) is 1. The zero-order valence-electron chi connectivity index (χ0n) is 12.1. The summed E-state index contributed by atoms with van der Waals surface area (Å²) in [6.07, 6.45) is 1.60. The molecule has 0 aromatic heterocycles. The summed E-state index contributed by atoms with van der Waals surface area (Å²) in [6, 6.07) is 0. The Labute approximate surface area is 101 Å². The van der Waals surface area contributed by atoms with Crippen molar-refractivity contribution in [1.82, 2.24) is 4.90 Å². The second kappa shape index (κ2) is 4.66. The summed E-state index contributed by atoms with van der Waals surface area (Å²) < 4.78 is 5.60. The lowest BCUT2D eigenvalue weighted by Crippen LogP contribution is -2.54. The van der Waals surface area contributed by atoms with E-state index in [4.69, 9.17) is 4.74 Å². The number of ether oxygens (including phenoxy) is 1. The van der Waals surface area contributed by atoms with E-state index in [2.05, 4.69) is 46.4 Å². The zero-order chi connectivity index (χ0) is 12.6. The molecule has 0 N–H and O–H groups in total. The van der Waals surface area contributed by atoms with Crippen molar-refractivity contribution < 1.29 is 4.74 Å². The van der Waals surface area contributed by atoms with Gasteiger partial charge in [-0.3, -0.25) is 4.90 Å². The highest BCUT2D eigenvalue weighted by atomic mass is 16.5. The molecule has 0 bridgehead atoms. The number of methoxy groups -OCH3 is 1. The van der Waals surface area contributed by atoms with Gasteiger partial charge in [-0.25, -0.2) is 0 Å². The first-order chi connectivity index (χ1) is 7.14. The monoisotopic (exact) mass is 227 g/mol. The lowest BCUT2D eigenvalue weighted by atomic mass is 9.74. The van der Waals surface area contributed by atoms with Gasteiger partial charge in [0.2, 0.25) is 0 Å². The Kier molecular flexibility index (Phi) is 4.07. The molecule has 1 rings (SSSR count). The average molecular weight is 227 g/mol. The van der Waals surface area contributed by atoms with Crippen LogP contribution in [0.15, 0.2) is 0 Å². The third kappa shape index (κ3) is 3.46. The molecule has 0 aromatic carbocycles. The molecule has 1 heterocycles. The quantitative estimate of drug-likeness (QED) is 0.682. The molecule has 1 saturated heterocycles. The Hall–Kier alpha value is -0.0800. The van der Waals surface area contributed by atoms with Gasteiger partial charge in [-0.2, -0.15) is 0 Å². The lowest BCUT2D eigenvalue weighted by Gasteiger charge is -2.48. The maximum Gasteiger partial charge on any atom is 0.0701 e. The van der Waals surface area contributed by atoms with Gasteiger partial charge in [-0.15, -0.1) is 0 Å². The minimum Gasteiger partial charge on any atom is -0.380 e. The number of rotatable bonds is 1. The van der Waals surface area contributed by atoms with E-state index in [0.29, 0.717) is 11.5 Å². The van der Waals surface area contributed by atoms with Crippen molar-refractivity contribution in [3.05, 3.63) is 0 Å². The topological polar surface area (TPSA) is 12.5 Å². The van der Waals surface area contributed by atoms with E-state index in [-0.39, 0.29) is 5.54 Å². The summed E-state index contributed by atoms with van der Waals surface area (Å²) in [7, 11) is 1.84. The molecule has 2 nitrogen and oxygen atoms in total. The lowest BCUT2D eigenvalue weighted by molar-refractivity contribution is -0.0495. The third-order valence-corrected chi connectivity index (χ3v) is 3.92. The summed E-state index contributed by atoms with van der Waals surface area (Å²) in [6.45, 7) is 16.2. The Balaban J connectivity index is 2.77. The highest BCUT2D eigenvalue weighted by Crippen LogP contribution is 2.36. The number of hydrogen-bond acceptors (Lipinski definition) is 2. The molecule has 1 fully saturated rings. The zero-order valence-corrected chi connectivity index (χ0v) is 12.1. The smallest absolute Gasteiger partial charge is 0.0701 e. The van der Waals surface area contributed by atoms with Gasteiger partial charge < -0.3 is 4.74 Å². The van der Waals surface area contributed by atoms with Crippen LogP contribution in [0.3, 0.4) is 0 Å². The molecule has 2 heteroatoms. The molecular weight excluding hydrogens is 198 g/mol. The van der Waals surface area contributed by atoms with Crippen LogP contribution in [-0.2, 0) is 4.74 Å². The van der Waals surface area contributed by atoms with Gasteiger partial charge in [-0.05, 0) is 38.5 Å². The van der Waals surface area contributed by atoms with E-state index in [1.54, 1.807) is 0 Å². The van der Waals surface area contributed by atoms with Crippen molar-refractivity contribution in [2.75, 3.05) is 20.2 Å². The normalized spacial score (nSPS) is 29.4. The van der Waals surface area contributed by atoms with Gasteiger partial charge in [0.15, 0.2) is 0 Å². The molecule has 0 aliphatic carbocycles. The third-order valence-electron chi connectivity index (χ3n) is 3.92. The highest BCUT2D eigenvalue weighted by Gasteiger charge is 2.37. The van der Waals surface area contributed by atoms with Crippen LogP contribution in [0, 0.1) is 11.3 Å². The van der Waals surface area contributed by atoms with Gasteiger partial charge in [0, 0.05) is 25.7 Å². The Morgan fingerprint density at radius 2 is 1.56 bits per heavy atom. The first-order valence-corrected chi connectivity index (χ1v) is 6.42. The molecule has 0 saturated carbocycles. The van der Waals surface area contributed by atoms with E-state index >= 15 is 0 Å². The van der Waals surface area contributed by atoms with Crippen LogP contribution in [0.2, 0.25) is 0 Å². The summed E-state index contributed by atoms with van der Waals surface area (Å²) >= 11 is 0. The maximum absolute atomic E-state index is 5.60. The fraction of sp³-hybridized carbons (Fsp3) is 1.00. The molecule has 0 spiro atoms. The fourth-order valence-electron chi connectivity index (χ4n) is 2.40. The second-order valence-electron chi connectivity index (χ2n) is 7.23. The largest absolute Gasteiger partial charge is 0.380 e. The van der Waals surface area contributed by atoms with E-state index in [1.165, 1.54) is 13.0 Å². The van der Waals surface area contributed by atoms with Crippen molar-refractivity contribution in [1.29, 1.82) is 0 Å². The predicted molar refractivity (Wildman–Crippen MR) is 69.7 cm³/mol. The van der Waals surface area contributed by atoms with E-state index in [1.807, 2.05) is 7.11 Å². The van der Waals surface area contributed by atoms with Gasteiger partial charge in [0.1, 0.15) is 0 Å². The molecule has 0 radical (unpaired) electrons. The van der Waals surface area contributed by atoms with Crippen molar-refractivity contribution in [3.8, 4) is 0 Å². The molecule has 2 atom stereocenters. The SMILES string of the molecule is CO[C@@H]1CC(C(C)(C)C)CN(C(C)(C)C)C1. The van der Waals surface area contributed by atoms with Crippen LogP contribution in [0.1, 0.15) is 48.0 Å². The number of hydrogen-bond donors (Lipinski definition) is 0. The van der Waals surface area contributed by atoms with Crippen molar-refractivity contribution in [2.45, 2.75) is 59.6 Å². The first-order valence-electron chi connectivity index (χ1n) is 6.42. The van der Waals surface area contributed by atoms with E-state index in [9.17, 15) is 0 Å². The molecule has 0 aromatic rings. The highest BCUT2D eigenvalue weighted by molar-refractivity contribution is 4.90. The van der Waals surface area contributed by atoms with Crippen molar-refractivity contribution in [3.63, 3.8) is 0 Å². The van der Waals surface area contributed by atoms with Crippen molar-refractivity contribution in [2.24, 2.45) is 11.3 Å². The molecule has 16 heavy (non-hydrogen) atoms. The van der Waals surface area contributed by atoms with Crippen molar-refractivity contribution >= 4 is 0 Å². The Bertz CT molecular complexity index is 202. The van der Waals surface area contributed by atoms with Gasteiger partial charge in [-0.1, -0.05) is 20.8 Å². The van der Waals surface area contributed by atoms with Gasteiger partial charge in [0.25, 0.3) is 0 Å². The molecule has 1 aliphatic rings. The van der Waals surface area contributed by atoms with E-state index < -0.39 is 0 Å². The van der Waals surface area contributed by atoms with Crippen LogP contribution in [-0.4, -0.2) is 36.7 Å². The summed E-state index contributed by atoms with van der Waals surface area (Å²) in [5.41, 5.74) is 0.626. The van der Waals surface area contributed by atoms with Crippen LogP contribution >= 0.6 is 0 Å². The van der Waals surface area contributed by atoms with Crippen LogP contribution in [0.25, 0.3) is 0 Å². The van der Waals surface area contributed by atoms with Gasteiger partial charge in [0.05, 0.1) is 6.10 Å². The second-order valence-corrected chi connectivity index (χ2v) is 7.23. The minimum atomic E-state index is 0.251. The van der Waals surface area contributed by atoms with E-state index in [0.717, 1.165) is 12.5 Å². The fourth-order valence-corrected chi connectivity index (χ4v) is 2.40. The molecule has 1 unspecified atom stereocenters. The number of likely N-dealkylation sites (tertiary alicyclic amines) is 1. The molecular formula is C14H29NO. The predicted octanol–water partition coefficient (Wildman–Crippen LogP) is 3.17. The molecule has 1 aliphatic heterocycles. The first kappa shape index (κ1) is 14.0. The average Bonchev–Trinajstić information content (AvgIpc) is 2.14. The summed E-state index contributed by atoms with van der Waals surface area (Å²) in [5, 5.41) is 0. The maximum atomic E-state index is 5.60. The summed E-state index contributed by atoms with van der Waals surface area (Å²) in [4.78, 5) is 2.57. The van der Waals surface area contributed by atoms with Gasteiger partial charge >= 0.3 is 0 Å². The standard InChI is InChI=1S/C14H29NO/c1-13(2,3)11-8-12(16-7)10-15(9-11)14(4,5)6/h11-12H,8-10H2,1-7H3/t11?,12-/m1/s1. The van der Waals surface area contributed by atoms with Crippen LogP contribution in [0.4, 0.5) is 0 Å². The van der Waals surface area contributed by atoms with Crippen LogP contribution < -0.4 is 0 Å². The molecule has 0 amide bonds. The minimum absolute atomic E-state index is 0.251. The molecule has 96 valence electrons. The summed E-state index contributed by atoms with van der Waals surface area (Å²) in [5.74, 6) is 0.727. The number of piperidine rings is 1.